The monoisotopic (exact) mass is 633 g/mol. The molecule has 0 bridgehead atoms. The van der Waals surface area contributed by atoms with Crippen LogP contribution in [0.3, 0.4) is 0 Å². The maximum Gasteiger partial charge on any atom is 0.338 e. The number of non-ortho nitro benzene ring substituents is 1. The summed E-state index contributed by atoms with van der Waals surface area (Å²) in [5, 5.41) is 21.3. The van der Waals surface area contributed by atoms with Gasteiger partial charge in [-0.25, -0.2) is 10.2 Å². The standard InChI is InChI=1S/C31H31N5O8S/c1-4-42-30(38)27-19(2)33-31(45)34-28(27)23-9-5-6-10-24(23)43-18-26(37)35-32-16-21-8-7-11-25(41-3)29(21)44-17-20-12-14-22(15-13-20)36(39)40/h5-16,28H,4,17-18H2,1-3H3,(H,35,37)(H2,33,34,45)/t28-/m1/s1. The largest absolute Gasteiger partial charge is 0.493 e. The summed E-state index contributed by atoms with van der Waals surface area (Å²) in [6, 6.07) is 17.5. The van der Waals surface area contributed by atoms with E-state index >= 15 is 0 Å². The number of rotatable bonds is 13. The van der Waals surface area contributed by atoms with Crippen molar-refractivity contribution in [2.45, 2.75) is 26.5 Å². The van der Waals surface area contributed by atoms with Crippen LogP contribution in [0.4, 0.5) is 5.69 Å². The molecule has 1 heterocycles. The number of methoxy groups -OCH3 is 1. The molecule has 0 spiro atoms. The van der Waals surface area contributed by atoms with Crippen LogP contribution in [0.15, 0.2) is 83.1 Å². The molecule has 0 radical (unpaired) electrons. The second-order valence-electron chi connectivity index (χ2n) is 9.50. The SMILES string of the molecule is CCOC(=O)C1=C(C)NC(=S)N[C@@H]1c1ccccc1OCC(=O)NN=Cc1cccc(OC)c1OCc1ccc([N+](=O)[O-])cc1. The zero-order valence-electron chi connectivity index (χ0n) is 24.7. The number of esters is 1. The Labute approximate surface area is 264 Å². The lowest BCUT2D eigenvalue weighted by Crippen LogP contribution is -2.45. The first-order chi connectivity index (χ1) is 21.7. The number of hydrogen-bond acceptors (Lipinski definition) is 10. The minimum Gasteiger partial charge on any atom is -0.493 e. The molecule has 3 aromatic rings. The van der Waals surface area contributed by atoms with Crippen LogP contribution in [-0.4, -0.2) is 48.5 Å². The highest BCUT2D eigenvalue weighted by atomic mass is 32.1. The van der Waals surface area contributed by atoms with E-state index < -0.39 is 22.8 Å². The van der Waals surface area contributed by atoms with E-state index in [4.69, 9.17) is 31.2 Å². The number of carbonyl (C=O) groups excluding carboxylic acids is 2. The number of para-hydroxylation sites is 2. The molecule has 1 aliphatic heterocycles. The second-order valence-corrected chi connectivity index (χ2v) is 9.91. The molecular weight excluding hydrogens is 602 g/mol. The van der Waals surface area contributed by atoms with Crippen molar-refractivity contribution in [2.24, 2.45) is 5.10 Å². The Kier molecular flexibility index (Phi) is 11.0. The van der Waals surface area contributed by atoms with Gasteiger partial charge < -0.3 is 29.6 Å². The Morgan fingerprint density at radius 3 is 2.51 bits per heavy atom. The zero-order valence-corrected chi connectivity index (χ0v) is 25.5. The minimum absolute atomic E-state index is 0.0208. The third kappa shape index (κ3) is 8.32. The van der Waals surface area contributed by atoms with Crippen LogP contribution in [0.5, 0.6) is 17.2 Å². The number of benzene rings is 3. The van der Waals surface area contributed by atoms with Crippen LogP contribution in [0, 0.1) is 10.1 Å². The number of nitro benzene ring substituents is 1. The summed E-state index contributed by atoms with van der Waals surface area (Å²) in [7, 11) is 1.49. The molecule has 0 aromatic heterocycles. The van der Waals surface area contributed by atoms with Gasteiger partial charge in [0.05, 0.1) is 36.5 Å². The summed E-state index contributed by atoms with van der Waals surface area (Å²) in [4.78, 5) is 35.9. The molecule has 45 heavy (non-hydrogen) atoms. The molecule has 1 amide bonds. The number of nitro groups is 1. The van der Waals surface area contributed by atoms with E-state index in [0.717, 1.165) is 0 Å². The van der Waals surface area contributed by atoms with E-state index in [2.05, 4.69) is 21.2 Å². The molecule has 0 unspecified atom stereocenters. The number of nitrogens with one attached hydrogen (secondary N) is 3. The normalized spacial score (nSPS) is 14.3. The second kappa shape index (κ2) is 15.3. The maximum absolute atomic E-state index is 12.8. The molecule has 0 saturated heterocycles. The lowest BCUT2D eigenvalue weighted by Gasteiger charge is -2.30. The lowest BCUT2D eigenvalue weighted by atomic mass is 9.95. The first kappa shape index (κ1) is 32.4. The number of amides is 1. The third-order valence-corrected chi connectivity index (χ3v) is 6.73. The number of ether oxygens (including phenoxy) is 4. The zero-order chi connectivity index (χ0) is 32.3. The van der Waals surface area contributed by atoms with Gasteiger partial charge in [-0.3, -0.25) is 14.9 Å². The van der Waals surface area contributed by atoms with Crippen molar-refractivity contribution in [1.29, 1.82) is 0 Å². The average molecular weight is 634 g/mol. The Balaban J connectivity index is 1.42. The first-order valence-electron chi connectivity index (χ1n) is 13.7. The number of hydrogen-bond donors (Lipinski definition) is 3. The van der Waals surface area contributed by atoms with Crippen LogP contribution in [0.1, 0.15) is 36.6 Å². The number of nitrogens with zero attached hydrogens (tertiary/aromatic N) is 2. The Morgan fingerprint density at radius 1 is 1.07 bits per heavy atom. The highest BCUT2D eigenvalue weighted by molar-refractivity contribution is 7.80. The van der Waals surface area contributed by atoms with Crippen molar-refractivity contribution in [3.8, 4) is 17.2 Å². The van der Waals surface area contributed by atoms with Gasteiger partial charge in [-0.15, -0.1) is 0 Å². The average Bonchev–Trinajstić information content (AvgIpc) is 3.03. The number of carbonyl (C=O) groups is 2. The van der Waals surface area contributed by atoms with Crippen molar-refractivity contribution in [1.82, 2.24) is 16.1 Å². The van der Waals surface area contributed by atoms with Crippen molar-refractivity contribution in [3.05, 3.63) is 105 Å². The summed E-state index contributed by atoms with van der Waals surface area (Å²) in [6.07, 6.45) is 1.40. The Morgan fingerprint density at radius 2 is 1.80 bits per heavy atom. The van der Waals surface area contributed by atoms with Crippen LogP contribution in [0.2, 0.25) is 0 Å². The third-order valence-electron chi connectivity index (χ3n) is 6.51. The molecule has 3 aromatic carbocycles. The smallest absolute Gasteiger partial charge is 0.338 e. The Hall–Kier alpha value is -5.50. The molecular formula is C31H31N5O8S. The van der Waals surface area contributed by atoms with E-state index in [0.29, 0.717) is 50.3 Å². The van der Waals surface area contributed by atoms with Crippen molar-refractivity contribution < 1.29 is 33.5 Å². The predicted molar refractivity (Wildman–Crippen MR) is 169 cm³/mol. The van der Waals surface area contributed by atoms with Gasteiger partial charge in [0, 0.05) is 29.0 Å². The minimum atomic E-state index is -0.660. The fourth-order valence-electron chi connectivity index (χ4n) is 4.43. The van der Waals surface area contributed by atoms with Gasteiger partial charge in [0.15, 0.2) is 23.2 Å². The molecule has 0 aliphatic carbocycles. The van der Waals surface area contributed by atoms with Gasteiger partial charge in [0.2, 0.25) is 0 Å². The molecule has 0 saturated carbocycles. The van der Waals surface area contributed by atoms with E-state index in [1.807, 2.05) is 0 Å². The number of hydrazone groups is 1. The van der Waals surface area contributed by atoms with Gasteiger partial charge in [-0.2, -0.15) is 5.10 Å². The highest BCUT2D eigenvalue weighted by Crippen LogP contribution is 2.34. The summed E-state index contributed by atoms with van der Waals surface area (Å²) in [5.41, 5.74) is 5.13. The van der Waals surface area contributed by atoms with Crippen LogP contribution in [0.25, 0.3) is 0 Å². The lowest BCUT2D eigenvalue weighted by molar-refractivity contribution is -0.384. The van der Waals surface area contributed by atoms with E-state index in [1.54, 1.807) is 68.4 Å². The molecule has 14 heteroatoms. The Bertz CT molecular complexity index is 1640. The maximum atomic E-state index is 12.8. The molecule has 1 atom stereocenters. The highest BCUT2D eigenvalue weighted by Gasteiger charge is 2.32. The first-order valence-corrected chi connectivity index (χ1v) is 14.1. The molecule has 3 N–H and O–H groups in total. The molecule has 13 nitrogen and oxygen atoms in total. The number of allylic oxidation sites excluding steroid dienone is 1. The fraction of sp³-hybridized carbons (Fsp3) is 0.226. The van der Waals surface area contributed by atoms with Crippen molar-refractivity contribution in [3.63, 3.8) is 0 Å². The van der Waals surface area contributed by atoms with E-state index in [9.17, 15) is 19.7 Å². The van der Waals surface area contributed by atoms with Gasteiger partial charge >= 0.3 is 5.97 Å². The van der Waals surface area contributed by atoms with Gasteiger partial charge in [-0.05, 0) is 62.0 Å². The fourth-order valence-corrected chi connectivity index (χ4v) is 4.70. The van der Waals surface area contributed by atoms with Gasteiger partial charge in [0.1, 0.15) is 12.4 Å². The topological polar surface area (TPSA) is 163 Å². The predicted octanol–water partition coefficient (Wildman–Crippen LogP) is 4.07. The summed E-state index contributed by atoms with van der Waals surface area (Å²) in [5.74, 6) is 0.129. The molecule has 0 fully saturated rings. The number of thiocarbonyl (C=S) groups is 1. The van der Waals surface area contributed by atoms with E-state index in [1.165, 1.54) is 25.5 Å². The van der Waals surface area contributed by atoms with Crippen LogP contribution in [-0.2, 0) is 20.9 Å². The molecule has 4 rings (SSSR count). The summed E-state index contributed by atoms with van der Waals surface area (Å²) < 4.78 is 22.5. The molecule has 1 aliphatic rings. The van der Waals surface area contributed by atoms with Gasteiger partial charge in [-0.1, -0.05) is 24.3 Å². The van der Waals surface area contributed by atoms with Gasteiger partial charge in [0.25, 0.3) is 11.6 Å². The van der Waals surface area contributed by atoms with Crippen LogP contribution >= 0.6 is 12.2 Å². The van der Waals surface area contributed by atoms with Crippen molar-refractivity contribution in [2.75, 3.05) is 20.3 Å². The van der Waals surface area contributed by atoms with Crippen molar-refractivity contribution >= 4 is 41.1 Å². The van der Waals surface area contributed by atoms with E-state index in [-0.39, 0.29) is 25.5 Å². The van der Waals surface area contributed by atoms with Crippen LogP contribution < -0.4 is 30.3 Å². The quantitative estimate of drug-likeness (QED) is 0.0818. The summed E-state index contributed by atoms with van der Waals surface area (Å²) in [6.45, 7) is 3.40. The summed E-state index contributed by atoms with van der Waals surface area (Å²) >= 11 is 5.31. The molecule has 234 valence electrons.